The highest BCUT2D eigenvalue weighted by Gasteiger charge is 2.29. The van der Waals surface area contributed by atoms with Gasteiger partial charge in [0.2, 0.25) is 0 Å². The highest BCUT2D eigenvalue weighted by atomic mass is 19.2. The predicted octanol–water partition coefficient (Wildman–Crippen LogP) is 6.39. The van der Waals surface area contributed by atoms with Gasteiger partial charge in [0.25, 0.3) is 0 Å². The number of phenols is 1. The van der Waals surface area contributed by atoms with Crippen LogP contribution in [-0.4, -0.2) is 23.6 Å². The van der Waals surface area contributed by atoms with Gasteiger partial charge in [-0.3, -0.25) is 4.79 Å². The Morgan fingerprint density at radius 2 is 1.84 bits per heavy atom. The molecular formula is C25H29F3O3. The maximum Gasteiger partial charge on any atom is 0.169 e. The molecule has 0 radical (unpaired) electrons. The number of carbonyl (C=O) groups is 1. The number of unbranched alkanes of at least 4 members (excludes halogenated alkanes) is 2. The van der Waals surface area contributed by atoms with Crippen LogP contribution < -0.4 is 0 Å². The molecule has 3 rings (SSSR count). The SMILES string of the molecule is CCCCCc1ccc(C2CCC(CC(=O)c3ccc(C)c(F)c3O)OC2)c(F)c1F. The summed E-state index contributed by atoms with van der Waals surface area (Å²) in [6.45, 7) is 3.75. The van der Waals surface area contributed by atoms with Gasteiger partial charge < -0.3 is 9.84 Å². The van der Waals surface area contributed by atoms with Gasteiger partial charge in [0.15, 0.2) is 29.0 Å². The average Bonchev–Trinajstić information content (AvgIpc) is 2.76. The Labute approximate surface area is 181 Å². The van der Waals surface area contributed by atoms with E-state index in [1.54, 1.807) is 12.1 Å². The Kier molecular flexibility index (Phi) is 7.76. The molecule has 2 unspecified atom stereocenters. The normalized spacial score (nSPS) is 18.9. The highest BCUT2D eigenvalue weighted by molar-refractivity contribution is 5.99. The molecule has 3 nitrogen and oxygen atoms in total. The molecule has 1 aliphatic rings. The van der Waals surface area contributed by atoms with Crippen LogP contribution in [0.2, 0.25) is 0 Å². The molecule has 0 aliphatic carbocycles. The standard InChI is InChI=1S/C25H29F3O3/c1-3-4-5-6-16-9-12-19(24(28)23(16)27)17-8-10-18(31-14-17)13-21(29)20-11-7-15(2)22(26)25(20)30/h7,9,11-12,17-18,30H,3-6,8,10,13-14H2,1-2H3. The summed E-state index contributed by atoms with van der Waals surface area (Å²) in [5, 5.41) is 9.90. The second-order valence-electron chi connectivity index (χ2n) is 8.35. The minimum Gasteiger partial charge on any atom is -0.504 e. The summed E-state index contributed by atoms with van der Waals surface area (Å²) in [6.07, 6.45) is 3.98. The number of carbonyl (C=O) groups excluding carboxylic acids is 1. The van der Waals surface area contributed by atoms with E-state index in [1.807, 2.05) is 0 Å². The fourth-order valence-electron chi connectivity index (χ4n) is 4.10. The molecule has 0 spiro atoms. The van der Waals surface area contributed by atoms with Crippen LogP contribution >= 0.6 is 0 Å². The Hall–Kier alpha value is -2.34. The zero-order chi connectivity index (χ0) is 22.5. The number of halogens is 3. The van der Waals surface area contributed by atoms with E-state index in [-0.39, 0.29) is 30.1 Å². The average molecular weight is 434 g/mol. The van der Waals surface area contributed by atoms with Crippen molar-refractivity contribution in [2.75, 3.05) is 6.61 Å². The number of phenolic OH excluding ortho intramolecular Hbond substituents is 1. The second kappa shape index (κ2) is 10.3. The molecule has 0 aromatic heterocycles. The Morgan fingerprint density at radius 1 is 1.06 bits per heavy atom. The van der Waals surface area contributed by atoms with E-state index in [0.717, 1.165) is 19.3 Å². The first-order valence-electron chi connectivity index (χ1n) is 10.9. The third-order valence-corrected chi connectivity index (χ3v) is 6.07. The molecule has 6 heteroatoms. The molecule has 1 N–H and O–H groups in total. The minimum absolute atomic E-state index is 0.00398. The van der Waals surface area contributed by atoms with Crippen molar-refractivity contribution in [3.05, 3.63) is 64.0 Å². The molecule has 0 amide bonds. The Bertz CT molecular complexity index is 934. The quantitative estimate of drug-likeness (QED) is 0.387. The van der Waals surface area contributed by atoms with E-state index in [9.17, 15) is 23.1 Å². The first-order valence-corrected chi connectivity index (χ1v) is 10.9. The van der Waals surface area contributed by atoms with Gasteiger partial charge in [-0.2, -0.15) is 0 Å². The molecule has 31 heavy (non-hydrogen) atoms. The first-order chi connectivity index (χ1) is 14.8. The van der Waals surface area contributed by atoms with Crippen LogP contribution in [0.3, 0.4) is 0 Å². The zero-order valence-corrected chi connectivity index (χ0v) is 18.0. The largest absolute Gasteiger partial charge is 0.504 e. The smallest absolute Gasteiger partial charge is 0.169 e. The van der Waals surface area contributed by atoms with Crippen LogP contribution in [0.25, 0.3) is 0 Å². The number of ketones is 1. The van der Waals surface area contributed by atoms with Crippen molar-refractivity contribution in [3.63, 3.8) is 0 Å². The lowest BCUT2D eigenvalue weighted by molar-refractivity contribution is 0.000887. The van der Waals surface area contributed by atoms with Gasteiger partial charge >= 0.3 is 0 Å². The molecule has 168 valence electrons. The van der Waals surface area contributed by atoms with Crippen LogP contribution in [0.15, 0.2) is 24.3 Å². The molecule has 0 saturated carbocycles. The van der Waals surface area contributed by atoms with E-state index < -0.39 is 35.1 Å². The van der Waals surface area contributed by atoms with Crippen molar-refractivity contribution < 1.29 is 27.8 Å². The Balaban J connectivity index is 1.60. The summed E-state index contributed by atoms with van der Waals surface area (Å²) in [4.78, 5) is 12.5. The molecule has 1 aliphatic heterocycles. The summed E-state index contributed by atoms with van der Waals surface area (Å²) in [6, 6.07) is 6.16. The number of aromatic hydroxyl groups is 1. The molecule has 2 aromatic carbocycles. The number of hydrogen-bond acceptors (Lipinski definition) is 3. The molecule has 1 heterocycles. The third-order valence-electron chi connectivity index (χ3n) is 6.07. The molecule has 1 fully saturated rings. The number of Topliss-reactive ketones (excluding diaryl/α,β-unsaturated/α-hetero) is 1. The highest BCUT2D eigenvalue weighted by Crippen LogP contribution is 2.34. The summed E-state index contributed by atoms with van der Waals surface area (Å²) in [5.74, 6) is -3.72. The first kappa shape index (κ1) is 23.3. The van der Waals surface area contributed by atoms with Gasteiger partial charge in [-0.1, -0.05) is 38.0 Å². The van der Waals surface area contributed by atoms with Gasteiger partial charge in [-0.15, -0.1) is 0 Å². The second-order valence-corrected chi connectivity index (χ2v) is 8.35. The van der Waals surface area contributed by atoms with Crippen LogP contribution in [0.5, 0.6) is 5.75 Å². The van der Waals surface area contributed by atoms with E-state index in [1.165, 1.54) is 19.1 Å². The maximum atomic E-state index is 14.7. The third kappa shape index (κ3) is 5.29. The summed E-state index contributed by atoms with van der Waals surface area (Å²) >= 11 is 0. The minimum atomic E-state index is -0.808. The van der Waals surface area contributed by atoms with E-state index in [2.05, 4.69) is 6.92 Å². The lowest BCUT2D eigenvalue weighted by atomic mass is 9.88. The molecule has 0 bridgehead atoms. The fraction of sp³-hybridized carbons (Fsp3) is 0.480. The topological polar surface area (TPSA) is 46.5 Å². The summed E-state index contributed by atoms with van der Waals surface area (Å²) < 4.78 is 48.7. The number of hydrogen-bond donors (Lipinski definition) is 1. The van der Waals surface area contributed by atoms with Crippen LogP contribution in [0, 0.1) is 24.4 Å². The van der Waals surface area contributed by atoms with Crippen molar-refractivity contribution in [3.8, 4) is 5.75 Å². The van der Waals surface area contributed by atoms with Crippen molar-refractivity contribution in [1.29, 1.82) is 0 Å². The van der Waals surface area contributed by atoms with Crippen LogP contribution in [-0.2, 0) is 11.2 Å². The lowest BCUT2D eigenvalue weighted by Gasteiger charge is -2.29. The molecule has 2 aromatic rings. The number of aryl methyl sites for hydroxylation is 2. The number of rotatable bonds is 8. The summed E-state index contributed by atoms with van der Waals surface area (Å²) in [5.41, 5.74) is 0.900. The molecule has 2 atom stereocenters. The van der Waals surface area contributed by atoms with Gasteiger partial charge in [-0.25, -0.2) is 13.2 Å². The van der Waals surface area contributed by atoms with E-state index >= 15 is 0 Å². The van der Waals surface area contributed by atoms with Crippen molar-refractivity contribution >= 4 is 5.78 Å². The number of ether oxygens (including phenoxy) is 1. The van der Waals surface area contributed by atoms with Crippen molar-refractivity contribution in [1.82, 2.24) is 0 Å². The predicted molar refractivity (Wildman–Crippen MR) is 113 cm³/mol. The van der Waals surface area contributed by atoms with Gasteiger partial charge in [0.05, 0.1) is 18.3 Å². The van der Waals surface area contributed by atoms with Gasteiger partial charge in [0, 0.05) is 12.3 Å². The van der Waals surface area contributed by atoms with Crippen LogP contribution in [0.4, 0.5) is 13.2 Å². The summed E-state index contributed by atoms with van der Waals surface area (Å²) in [7, 11) is 0. The molecule has 1 saturated heterocycles. The van der Waals surface area contributed by atoms with Crippen LogP contribution in [0.1, 0.15) is 78.4 Å². The van der Waals surface area contributed by atoms with Gasteiger partial charge in [-0.05, 0) is 55.4 Å². The fourth-order valence-corrected chi connectivity index (χ4v) is 4.10. The molecular weight excluding hydrogens is 405 g/mol. The number of benzene rings is 2. The van der Waals surface area contributed by atoms with E-state index in [4.69, 9.17) is 4.74 Å². The van der Waals surface area contributed by atoms with Gasteiger partial charge in [0.1, 0.15) is 0 Å². The lowest BCUT2D eigenvalue weighted by Crippen LogP contribution is -2.27. The Morgan fingerprint density at radius 3 is 2.52 bits per heavy atom. The monoisotopic (exact) mass is 434 g/mol. The van der Waals surface area contributed by atoms with Crippen molar-refractivity contribution in [2.45, 2.75) is 70.8 Å². The van der Waals surface area contributed by atoms with Crippen molar-refractivity contribution in [2.24, 2.45) is 0 Å². The maximum absolute atomic E-state index is 14.7. The van der Waals surface area contributed by atoms with E-state index in [0.29, 0.717) is 30.4 Å². The zero-order valence-electron chi connectivity index (χ0n) is 18.0.